The van der Waals surface area contributed by atoms with Gasteiger partial charge in [0, 0.05) is 19.1 Å². The zero-order chi connectivity index (χ0) is 30.2. The Labute approximate surface area is 243 Å². The highest BCUT2D eigenvalue weighted by molar-refractivity contribution is 5.90. The maximum absolute atomic E-state index is 14.0. The van der Waals surface area contributed by atoms with Crippen LogP contribution in [0.15, 0.2) is 49.6 Å². The van der Waals surface area contributed by atoms with E-state index in [-0.39, 0.29) is 19.1 Å². The quantitative estimate of drug-likeness (QED) is 0.182. The highest BCUT2D eigenvalue weighted by Crippen LogP contribution is 2.41. The minimum Gasteiger partial charge on any atom is -0.496 e. The van der Waals surface area contributed by atoms with Gasteiger partial charge in [0.2, 0.25) is 5.91 Å². The molecule has 8 heteroatoms. The standard InChI is InChI=1S/C33H44N2O6/c1-8-10-11-12-13-16-41-31(38)34-29(32(3,4)5)30(37)35-22-33(40-7,20-27(35)21-36)26-15-14-24-19-28(39-6)23(9-2)17-25(24)18-26/h8-9,14-15,17-19,21,27,29H,1-2,10-13,16,20,22H2,3-7H3,(H,34,38)/t27-,29+,33-/m0/s1. The summed E-state index contributed by atoms with van der Waals surface area (Å²) >= 11 is 0. The van der Waals surface area contributed by atoms with E-state index < -0.39 is 29.2 Å². The number of unbranched alkanes of at least 4 members (excludes halogenated alkanes) is 3. The van der Waals surface area contributed by atoms with Crippen molar-refractivity contribution in [3.8, 4) is 5.75 Å². The molecule has 1 N–H and O–H groups in total. The van der Waals surface area contributed by atoms with Crippen LogP contribution in [-0.2, 0) is 24.7 Å². The van der Waals surface area contributed by atoms with Crippen molar-refractivity contribution in [3.05, 3.63) is 60.7 Å². The number of ether oxygens (including phenoxy) is 3. The van der Waals surface area contributed by atoms with Crippen LogP contribution < -0.4 is 10.1 Å². The van der Waals surface area contributed by atoms with Gasteiger partial charge in [0.15, 0.2) is 0 Å². The summed E-state index contributed by atoms with van der Waals surface area (Å²) in [5.74, 6) is 0.378. The molecule has 1 heterocycles. The predicted octanol–water partition coefficient (Wildman–Crippen LogP) is 6.02. The van der Waals surface area contributed by atoms with Crippen LogP contribution in [0.4, 0.5) is 4.79 Å². The van der Waals surface area contributed by atoms with Crippen LogP contribution in [0, 0.1) is 5.41 Å². The number of hydrogen-bond acceptors (Lipinski definition) is 6. The van der Waals surface area contributed by atoms with Crippen molar-refractivity contribution in [3.63, 3.8) is 0 Å². The van der Waals surface area contributed by atoms with E-state index in [4.69, 9.17) is 14.2 Å². The Morgan fingerprint density at radius 1 is 1.12 bits per heavy atom. The molecule has 0 saturated carbocycles. The molecule has 3 atom stereocenters. The van der Waals surface area contributed by atoms with Gasteiger partial charge in [-0.05, 0) is 65.6 Å². The third kappa shape index (κ3) is 7.36. The molecule has 2 aromatic carbocycles. The zero-order valence-corrected chi connectivity index (χ0v) is 25.0. The second-order valence-corrected chi connectivity index (χ2v) is 11.6. The number of nitrogens with one attached hydrogen (secondary N) is 1. The van der Waals surface area contributed by atoms with Gasteiger partial charge in [0.25, 0.3) is 0 Å². The molecule has 222 valence electrons. The summed E-state index contributed by atoms with van der Waals surface area (Å²) in [6.07, 6.45) is 7.60. The molecule has 2 amide bonds. The van der Waals surface area contributed by atoms with E-state index in [0.29, 0.717) is 6.42 Å². The minimum atomic E-state index is -0.905. The van der Waals surface area contributed by atoms with Gasteiger partial charge in [-0.1, -0.05) is 51.6 Å². The van der Waals surface area contributed by atoms with Crippen molar-refractivity contribution in [1.29, 1.82) is 0 Å². The predicted molar refractivity (Wildman–Crippen MR) is 162 cm³/mol. The van der Waals surface area contributed by atoms with Gasteiger partial charge < -0.3 is 29.2 Å². The Morgan fingerprint density at radius 2 is 1.88 bits per heavy atom. The van der Waals surface area contributed by atoms with Crippen molar-refractivity contribution in [2.24, 2.45) is 5.41 Å². The van der Waals surface area contributed by atoms with E-state index in [1.165, 1.54) is 4.90 Å². The molecule has 1 aliphatic rings. The number of rotatable bonds is 13. The number of allylic oxidation sites excluding steroid dienone is 1. The zero-order valence-electron chi connectivity index (χ0n) is 25.0. The molecule has 1 aliphatic heterocycles. The van der Waals surface area contributed by atoms with Crippen LogP contribution in [0.5, 0.6) is 5.75 Å². The molecule has 0 aliphatic carbocycles. The summed E-state index contributed by atoms with van der Waals surface area (Å²) in [4.78, 5) is 40.4. The summed E-state index contributed by atoms with van der Waals surface area (Å²) in [6.45, 7) is 13.6. The van der Waals surface area contributed by atoms with E-state index in [1.807, 2.05) is 57.2 Å². The van der Waals surface area contributed by atoms with E-state index in [0.717, 1.165) is 59.6 Å². The SMILES string of the molecule is C=CCCCCCOC(=O)N[C@H](C(=O)N1C[C@](OC)(c2ccc3cc(OC)c(C=C)cc3c2)C[C@H]1C=O)C(C)(C)C. The molecule has 3 rings (SSSR count). The molecular weight excluding hydrogens is 520 g/mol. The average molecular weight is 565 g/mol. The number of likely N-dealkylation sites (tertiary alicyclic amines) is 1. The Bertz CT molecular complexity index is 1270. The van der Waals surface area contributed by atoms with Crippen LogP contribution in [0.1, 0.15) is 64.0 Å². The molecule has 0 unspecified atom stereocenters. The van der Waals surface area contributed by atoms with Crippen molar-refractivity contribution in [2.45, 2.75) is 70.6 Å². The fourth-order valence-corrected chi connectivity index (χ4v) is 5.36. The van der Waals surface area contributed by atoms with Gasteiger partial charge >= 0.3 is 6.09 Å². The van der Waals surface area contributed by atoms with Crippen LogP contribution in [0.2, 0.25) is 0 Å². The van der Waals surface area contributed by atoms with Gasteiger partial charge in [-0.2, -0.15) is 0 Å². The number of carbonyl (C=O) groups is 3. The third-order valence-corrected chi connectivity index (χ3v) is 7.79. The number of methoxy groups -OCH3 is 2. The van der Waals surface area contributed by atoms with Gasteiger partial charge in [-0.15, -0.1) is 6.58 Å². The molecule has 1 saturated heterocycles. The Balaban J connectivity index is 1.84. The summed E-state index contributed by atoms with van der Waals surface area (Å²) in [5.41, 5.74) is 0.179. The molecule has 0 bridgehead atoms. The maximum atomic E-state index is 14.0. The van der Waals surface area contributed by atoms with Crippen LogP contribution in [0.3, 0.4) is 0 Å². The summed E-state index contributed by atoms with van der Waals surface area (Å²) in [7, 11) is 3.21. The van der Waals surface area contributed by atoms with Crippen LogP contribution >= 0.6 is 0 Å². The lowest BCUT2D eigenvalue weighted by atomic mass is 9.85. The van der Waals surface area contributed by atoms with E-state index in [1.54, 1.807) is 20.3 Å². The summed E-state index contributed by atoms with van der Waals surface area (Å²) in [6, 6.07) is 8.29. The number of nitrogens with zero attached hydrogens (tertiary/aromatic N) is 1. The van der Waals surface area contributed by atoms with Gasteiger partial charge in [0.1, 0.15) is 23.7 Å². The lowest BCUT2D eigenvalue weighted by Gasteiger charge is -2.35. The molecule has 41 heavy (non-hydrogen) atoms. The molecule has 8 nitrogen and oxygen atoms in total. The molecule has 1 fully saturated rings. The normalized spacial score (nSPS) is 19.4. The molecular formula is C33H44N2O6. The fraction of sp³-hybridized carbons (Fsp3) is 0.485. The molecule has 2 aromatic rings. The van der Waals surface area contributed by atoms with Crippen molar-refractivity contribution < 1.29 is 28.6 Å². The first-order chi connectivity index (χ1) is 19.5. The van der Waals surface area contributed by atoms with Gasteiger partial charge in [-0.3, -0.25) is 4.79 Å². The molecule has 0 radical (unpaired) electrons. The number of carbonyl (C=O) groups excluding carboxylic acids is 3. The lowest BCUT2D eigenvalue weighted by molar-refractivity contribution is -0.139. The number of alkyl carbamates (subject to hydrolysis) is 1. The number of benzene rings is 2. The van der Waals surface area contributed by atoms with Crippen molar-refractivity contribution in [2.75, 3.05) is 27.4 Å². The first-order valence-electron chi connectivity index (χ1n) is 14.1. The summed E-state index contributed by atoms with van der Waals surface area (Å²) in [5, 5.41) is 4.71. The maximum Gasteiger partial charge on any atom is 0.407 e. The van der Waals surface area contributed by atoms with E-state index in [9.17, 15) is 14.4 Å². The Hall–Kier alpha value is -3.65. The minimum absolute atomic E-state index is 0.161. The molecule has 0 aromatic heterocycles. The monoisotopic (exact) mass is 564 g/mol. The second kappa shape index (κ2) is 13.8. The highest BCUT2D eigenvalue weighted by atomic mass is 16.5. The van der Waals surface area contributed by atoms with Crippen LogP contribution in [0.25, 0.3) is 16.8 Å². The number of amides is 2. The smallest absolute Gasteiger partial charge is 0.407 e. The fourth-order valence-electron chi connectivity index (χ4n) is 5.36. The summed E-state index contributed by atoms with van der Waals surface area (Å²) < 4.78 is 16.9. The van der Waals surface area contributed by atoms with Crippen molar-refractivity contribution in [1.82, 2.24) is 10.2 Å². The largest absolute Gasteiger partial charge is 0.496 e. The second-order valence-electron chi connectivity index (χ2n) is 11.6. The Kier molecular flexibility index (Phi) is 10.7. The topological polar surface area (TPSA) is 94.2 Å². The lowest BCUT2D eigenvalue weighted by Crippen LogP contribution is -2.56. The highest BCUT2D eigenvalue weighted by Gasteiger charge is 2.50. The van der Waals surface area contributed by atoms with Crippen LogP contribution in [-0.4, -0.2) is 62.6 Å². The number of aldehydes is 1. The number of hydrogen-bond donors (Lipinski definition) is 1. The first kappa shape index (κ1) is 31.9. The number of fused-ring (bicyclic) bond motifs is 1. The Morgan fingerprint density at radius 3 is 2.49 bits per heavy atom. The van der Waals surface area contributed by atoms with Gasteiger partial charge in [-0.25, -0.2) is 4.79 Å². The van der Waals surface area contributed by atoms with Crippen molar-refractivity contribution >= 4 is 35.1 Å². The first-order valence-corrected chi connectivity index (χ1v) is 14.1. The molecule has 0 spiro atoms. The third-order valence-electron chi connectivity index (χ3n) is 7.79. The average Bonchev–Trinajstić information content (AvgIpc) is 3.36. The van der Waals surface area contributed by atoms with E-state index >= 15 is 0 Å². The van der Waals surface area contributed by atoms with Gasteiger partial charge in [0.05, 0.1) is 26.3 Å². The van der Waals surface area contributed by atoms with E-state index in [2.05, 4.69) is 18.5 Å².